The lowest BCUT2D eigenvalue weighted by molar-refractivity contribution is -0.384. The summed E-state index contributed by atoms with van der Waals surface area (Å²) < 4.78 is 5.34. The summed E-state index contributed by atoms with van der Waals surface area (Å²) in [6, 6.07) is 12.9. The van der Waals surface area contributed by atoms with Crippen LogP contribution in [0.1, 0.15) is 22.8 Å². The van der Waals surface area contributed by atoms with E-state index < -0.39 is 4.92 Å². The highest BCUT2D eigenvalue weighted by atomic mass is 16.6. The van der Waals surface area contributed by atoms with Crippen molar-refractivity contribution in [1.82, 2.24) is 5.32 Å². The van der Waals surface area contributed by atoms with E-state index in [4.69, 9.17) is 4.74 Å². The zero-order valence-corrected chi connectivity index (χ0v) is 12.1. The molecule has 2 aromatic rings. The summed E-state index contributed by atoms with van der Waals surface area (Å²) in [6.07, 6.45) is 0. The molecule has 1 N–H and O–H groups in total. The van der Waals surface area contributed by atoms with Gasteiger partial charge in [0.2, 0.25) is 0 Å². The van der Waals surface area contributed by atoms with Crippen molar-refractivity contribution in [3.05, 3.63) is 69.8 Å². The van der Waals surface area contributed by atoms with Crippen LogP contribution in [0.25, 0.3) is 0 Å². The zero-order chi connectivity index (χ0) is 15.9. The van der Waals surface area contributed by atoms with Gasteiger partial charge in [0.15, 0.2) is 0 Å². The Hall–Kier alpha value is -2.89. The Morgan fingerprint density at radius 2 is 1.77 bits per heavy atom. The number of ether oxygens (including phenoxy) is 1. The molecule has 0 radical (unpaired) electrons. The van der Waals surface area contributed by atoms with E-state index in [1.807, 2.05) is 31.2 Å². The van der Waals surface area contributed by atoms with Crippen molar-refractivity contribution in [1.29, 1.82) is 0 Å². The van der Waals surface area contributed by atoms with Crippen molar-refractivity contribution >= 4 is 11.6 Å². The summed E-state index contributed by atoms with van der Waals surface area (Å²) in [5.41, 5.74) is 1.29. The third-order valence-corrected chi connectivity index (χ3v) is 3.03. The summed E-state index contributed by atoms with van der Waals surface area (Å²) in [7, 11) is 0. The highest BCUT2D eigenvalue weighted by molar-refractivity contribution is 5.94. The lowest BCUT2D eigenvalue weighted by atomic mass is 10.1. The number of hydrogen-bond donors (Lipinski definition) is 1. The molecule has 0 unspecified atom stereocenters. The molecule has 0 aliphatic carbocycles. The van der Waals surface area contributed by atoms with Gasteiger partial charge in [-0.25, -0.2) is 0 Å². The lowest BCUT2D eigenvalue weighted by Crippen LogP contribution is -2.22. The Morgan fingerprint density at radius 1 is 1.14 bits per heavy atom. The fourth-order valence-electron chi connectivity index (χ4n) is 1.89. The Bertz CT molecular complexity index is 651. The number of benzene rings is 2. The monoisotopic (exact) mass is 300 g/mol. The first-order valence-electron chi connectivity index (χ1n) is 6.84. The lowest BCUT2D eigenvalue weighted by Gasteiger charge is -2.07. The molecule has 1 amide bonds. The molecule has 0 saturated heterocycles. The second kappa shape index (κ2) is 7.21. The molecule has 6 nitrogen and oxygen atoms in total. The Kier molecular flexibility index (Phi) is 5.08. The van der Waals surface area contributed by atoms with E-state index in [9.17, 15) is 14.9 Å². The smallest absolute Gasteiger partial charge is 0.269 e. The van der Waals surface area contributed by atoms with E-state index in [0.29, 0.717) is 18.7 Å². The number of nitro benzene ring substituents is 1. The molecule has 114 valence electrons. The normalized spacial score (nSPS) is 10.0. The highest BCUT2D eigenvalue weighted by Crippen LogP contribution is 2.13. The predicted molar refractivity (Wildman–Crippen MR) is 81.9 cm³/mol. The first kappa shape index (κ1) is 15.5. The molecule has 0 spiro atoms. The maximum atomic E-state index is 12.0. The number of nitro groups is 1. The summed E-state index contributed by atoms with van der Waals surface area (Å²) in [5, 5.41) is 13.3. The number of rotatable bonds is 6. The van der Waals surface area contributed by atoms with Crippen molar-refractivity contribution < 1.29 is 14.5 Å². The van der Waals surface area contributed by atoms with Crippen LogP contribution in [-0.4, -0.2) is 17.4 Å². The van der Waals surface area contributed by atoms with Gasteiger partial charge in [-0.05, 0) is 36.8 Å². The fourth-order valence-corrected chi connectivity index (χ4v) is 1.89. The van der Waals surface area contributed by atoms with Crippen molar-refractivity contribution in [2.75, 3.05) is 6.61 Å². The molecule has 0 saturated carbocycles. The molecular weight excluding hydrogens is 284 g/mol. The number of hydrogen-bond acceptors (Lipinski definition) is 4. The number of amides is 1. The van der Waals surface area contributed by atoms with E-state index in [0.717, 1.165) is 11.3 Å². The van der Waals surface area contributed by atoms with Crippen molar-refractivity contribution in [2.45, 2.75) is 13.5 Å². The molecule has 0 aromatic heterocycles. The molecule has 0 aliphatic heterocycles. The largest absolute Gasteiger partial charge is 0.494 e. The zero-order valence-electron chi connectivity index (χ0n) is 12.1. The summed E-state index contributed by atoms with van der Waals surface area (Å²) in [5.74, 6) is 0.511. The van der Waals surface area contributed by atoms with E-state index >= 15 is 0 Å². The molecule has 6 heteroatoms. The average Bonchev–Trinajstić information content (AvgIpc) is 2.54. The minimum atomic E-state index is -0.498. The number of nitrogens with zero attached hydrogens (tertiary/aromatic N) is 1. The molecule has 0 fully saturated rings. The van der Waals surface area contributed by atoms with Crippen LogP contribution in [0.3, 0.4) is 0 Å². The molecule has 0 bridgehead atoms. The molecule has 2 aromatic carbocycles. The number of carbonyl (C=O) groups excluding carboxylic acids is 1. The van der Waals surface area contributed by atoms with E-state index in [1.165, 1.54) is 24.3 Å². The SMILES string of the molecule is CCOc1ccc(CNC(=O)c2ccc([N+](=O)[O-])cc2)cc1. The third kappa shape index (κ3) is 4.05. The van der Waals surface area contributed by atoms with Crippen LogP contribution < -0.4 is 10.1 Å². The van der Waals surface area contributed by atoms with Gasteiger partial charge in [0.05, 0.1) is 11.5 Å². The van der Waals surface area contributed by atoms with Crippen molar-refractivity contribution in [2.24, 2.45) is 0 Å². The molecule has 0 atom stereocenters. The quantitative estimate of drug-likeness (QED) is 0.657. The standard InChI is InChI=1S/C16H16N2O4/c1-2-22-15-9-3-12(4-10-15)11-17-16(19)13-5-7-14(8-6-13)18(20)21/h3-10H,2,11H2,1H3,(H,17,19). The molecular formula is C16H16N2O4. The Labute approximate surface area is 127 Å². The van der Waals surface area contributed by atoms with Gasteiger partial charge in [-0.3, -0.25) is 14.9 Å². The van der Waals surface area contributed by atoms with Gasteiger partial charge < -0.3 is 10.1 Å². The Morgan fingerprint density at radius 3 is 2.32 bits per heavy atom. The van der Waals surface area contributed by atoms with Crippen LogP contribution in [0.4, 0.5) is 5.69 Å². The molecule has 0 aliphatic rings. The van der Waals surface area contributed by atoms with Crippen LogP contribution in [0.2, 0.25) is 0 Å². The second-order valence-corrected chi connectivity index (χ2v) is 4.56. The Balaban J connectivity index is 1.93. The summed E-state index contributed by atoms with van der Waals surface area (Å²) in [6.45, 7) is 2.90. The van der Waals surface area contributed by atoms with Gasteiger partial charge in [-0.2, -0.15) is 0 Å². The van der Waals surface area contributed by atoms with Gasteiger partial charge in [-0.1, -0.05) is 12.1 Å². The van der Waals surface area contributed by atoms with Crippen molar-refractivity contribution in [3.63, 3.8) is 0 Å². The molecule has 22 heavy (non-hydrogen) atoms. The topological polar surface area (TPSA) is 81.5 Å². The average molecular weight is 300 g/mol. The highest BCUT2D eigenvalue weighted by Gasteiger charge is 2.09. The fraction of sp³-hybridized carbons (Fsp3) is 0.188. The molecule has 0 heterocycles. The van der Waals surface area contributed by atoms with Crippen LogP contribution in [-0.2, 0) is 6.54 Å². The van der Waals surface area contributed by atoms with Crippen LogP contribution in [0, 0.1) is 10.1 Å². The van der Waals surface area contributed by atoms with E-state index in [-0.39, 0.29) is 11.6 Å². The first-order chi connectivity index (χ1) is 10.6. The van der Waals surface area contributed by atoms with Gasteiger partial charge in [0.1, 0.15) is 5.75 Å². The second-order valence-electron chi connectivity index (χ2n) is 4.56. The van der Waals surface area contributed by atoms with Crippen LogP contribution in [0.15, 0.2) is 48.5 Å². The third-order valence-electron chi connectivity index (χ3n) is 3.03. The van der Waals surface area contributed by atoms with Crippen LogP contribution in [0.5, 0.6) is 5.75 Å². The van der Waals surface area contributed by atoms with Crippen LogP contribution >= 0.6 is 0 Å². The van der Waals surface area contributed by atoms with E-state index in [1.54, 1.807) is 0 Å². The molecule has 2 rings (SSSR count). The number of carbonyl (C=O) groups is 1. The minimum absolute atomic E-state index is 0.0388. The van der Waals surface area contributed by atoms with Gasteiger partial charge in [0, 0.05) is 24.2 Å². The first-order valence-corrected chi connectivity index (χ1v) is 6.84. The number of non-ortho nitro benzene ring substituents is 1. The predicted octanol–water partition coefficient (Wildman–Crippen LogP) is 2.92. The van der Waals surface area contributed by atoms with E-state index in [2.05, 4.69) is 5.32 Å². The van der Waals surface area contributed by atoms with Crippen molar-refractivity contribution in [3.8, 4) is 5.75 Å². The number of nitrogens with one attached hydrogen (secondary N) is 1. The summed E-state index contributed by atoms with van der Waals surface area (Å²) >= 11 is 0. The van der Waals surface area contributed by atoms with Gasteiger partial charge >= 0.3 is 0 Å². The minimum Gasteiger partial charge on any atom is -0.494 e. The van der Waals surface area contributed by atoms with Gasteiger partial charge in [0.25, 0.3) is 11.6 Å². The summed E-state index contributed by atoms with van der Waals surface area (Å²) in [4.78, 5) is 22.0. The maximum absolute atomic E-state index is 12.0. The van der Waals surface area contributed by atoms with Gasteiger partial charge in [-0.15, -0.1) is 0 Å². The maximum Gasteiger partial charge on any atom is 0.269 e.